The molecule has 9 nitrogen and oxygen atoms in total. The number of hydrogen-bond acceptors (Lipinski definition) is 6. The van der Waals surface area contributed by atoms with Crippen LogP contribution < -0.4 is 10.7 Å². The molecular formula is C24H24F3N3O6. The average Bonchev–Trinajstić information content (AvgIpc) is 2.95. The minimum Gasteiger partial charge on any atom is -0.503 e. The third kappa shape index (κ3) is 3.27. The summed E-state index contributed by atoms with van der Waals surface area (Å²) in [7, 11) is 2.83. The number of fused-ring (bicyclic) bond motifs is 1. The molecule has 2 bridgehead atoms. The quantitative estimate of drug-likeness (QED) is 0.641. The van der Waals surface area contributed by atoms with Crippen molar-refractivity contribution in [2.45, 2.75) is 43.6 Å². The lowest BCUT2D eigenvalue weighted by atomic mass is 9.85. The predicted octanol–water partition coefficient (Wildman–Crippen LogP) is 1.95. The highest BCUT2D eigenvalue weighted by molar-refractivity contribution is 6.01. The molecule has 2 N–H and O–H groups in total. The summed E-state index contributed by atoms with van der Waals surface area (Å²) in [5.74, 6) is -6.01. The molecule has 3 aliphatic rings. The van der Waals surface area contributed by atoms with Crippen LogP contribution in [0.1, 0.15) is 57.5 Å². The Morgan fingerprint density at radius 2 is 1.86 bits per heavy atom. The highest BCUT2D eigenvalue weighted by Crippen LogP contribution is 2.51. The van der Waals surface area contributed by atoms with Crippen molar-refractivity contribution < 1.29 is 37.3 Å². The molecule has 0 unspecified atom stereocenters. The summed E-state index contributed by atoms with van der Waals surface area (Å²) >= 11 is 0. The molecule has 4 heterocycles. The highest BCUT2D eigenvalue weighted by atomic mass is 19.1. The largest absolute Gasteiger partial charge is 0.503 e. The normalized spacial score (nSPS) is 24.5. The van der Waals surface area contributed by atoms with Crippen molar-refractivity contribution in [1.82, 2.24) is 14.8 Å². The number of amides is 2. The van der Waals surface area contributed by atoms with Crippen LogP contribution in [0.2, 0.25) is 0 Å². The Morgan fingerprint density at radius 3 is 2.50 bits per heavy atom. The van der Waals surface area contributed by atoms with Gasteiger partial charge in [0.15, 0.2) is 11.4 Å². The number of hydrogen-bond donors (Lipinski definition) is 2. The molecule has 0 aliphatic carbocycles. The average molecular weight is 507 g/mol. The zero-order valence-corrected chi connectivity index (χ0v) is 19.6. The van der Waals surface area contributed by atoms with Gasteiger partial charge in [0, 0.05) is 51.6 Å². The fourth-order valence-corrected chi connectivity index (χ4v) is 5.92. The minimum atomic E-state index is -1.21. The van der Waals surface area contributed by atoms with Crippen molar-refractivity contribution in [3.05, 3.63) is 62.3 Å². The van der Waals surface area contributed by atoms with E-state index in [9.17, 15) is 32.7 Å². The number of aromatic nitrogens is 1. The zero-order chi connectivity index (χ0) is 25.9. The molecule has 1 saturated heterocycles. The van der Waals surface area contributed by atoms with E-state index in [2.05, 4.69) is 5.32 Å². The van der Waals surface area contributed by atoms with E-state index in [4.69, 9.17) is 9.47 Å². The van der Waals surface area contributed by atoms with Gasteiger partial charge in [0.2, 0.25) is 5.43 Å². The molecule has 1 aromatic carbocycles. The smallest absolute Gasteiger partial charge is 0.274 e. The number of nitrogens with zero attached hydrogens (tertiary/aromatic N) is 2. The third-order valence-electron chi connectivity index (χ3n) is 7.42. The first-order valence-corrected chi connectivity index (χ1v) is 11.4. The van der Waals surface area contributed by atoms with Gasteiger partial charge in [0.05, 0.1) is 11.2 Å². The van der Waals surface area contributed by atoms with E-state index in [1.54, 1.807) is 4.90 Å². The number of nitrogens with one attached hydrogen (secondary N) is 1. The molecule has 3 aliphatic heterocycles. The van der Waals surface area contributed by atoms with Crippen molar-refractivity contribution in [3.63, 3.8) is 0 Å². The van der Waals surface area contributed by atoms with E-state index in [1.807, 2.05) is 0 Å². The Kier molecular flexibility index (Phi) is 5.83. The molecule has 0 radical (unpaired) electrons. The van der Waals surface area contributed by atoms with E-state index in [-0.39, 0.29) is 17.9 Å². The standard InChI is InChI=1S/C24H24F3N3O6/c1-35-20-16-15(22(33)28-9-12-13(26)7-11(25)8-14(12)27)18(31)19(32)17-23(34)29-6-4-3-5-24(10-29,30(16)17)21(20)36-2/h7-8,20-21,32H,3-6,9-10H2,1-2H3,(H,28,33)/t20-,21+,24+/m0/s1. The van der Waals surface area contributed by atoms with Crippen LogP contribution in [-0.4, -0.2) is 59.8 Å². The Bertz CT molecular complexity index is 1320. The van der Waals surface area contributed by atoms with Gasteiger partial charge in [0.25, 0.3) is 11.8 Å². The van der Waals surface area contributed by atoms with Crippen molar-refractivity contribution in [3.8, 4) is 5.75 Å². The fraction of sp³-hybridized carbons (Fsp3) is 0.458. The molecule has 36 heavy (non-hydrogen) atoms. The topological polar surface area (TPSA) is 110 Å². The second-order valence-electron chi connectivity index (χ2n) is 9.25. The Labute approximate surface area is 203 Å². The second-order valence-corrected chi connectivity index (χ2v) is 9.25. The summed E-state index contributed by atoms with van der Waals surface area (Å²) in [6, 6.07) is 0.947. The van der Waals surface area contributed by atoms with E-state index in [0.29, 0.717) is 31.5 Å². The van der Waals surface area contributed by atoms with Crippen molar-refractivity contribution >= 4 is 11.8 Å². The second kappa shape index (κ2) is 8.63. The number of methoxy groups -OCH3 is 2. The SMILES string of the molecule is CO[C@@H]1[C@@H](OC)c2c(C(=O)NCc3c(F)cc(F)cc3F)c(=O)c(O)c3n2[C@@]12CCCCN(C2)C3=O. The van der Waals surface area contributed by atoms with E-state index in [1.165, 1.54) is 18.8 Å². The van der Waals surface area contributed by atoms with Gasteiger partial charge < -0.3 is 29.4 Å². The predicted molar refractivity (Wildman–Crippen MR) is 118 cm³/mol. The van der Waals surface area contributed by atoms with Gasteiger partial charge >= 0.3 is 0 Å². The number of ether oxygens (including phenoxy) is 2. The van der Waals surface area contributed by atoms with Gasteiger partial charge in [-0.1, -0.05) is 0 Å². The van der Waals surface area contributed by atoms with Gasteiger partial charge in [0.1, 0.15) is 35.2 Å². The number of pyridine rings is 1. The summed E-state index contributed by atoms with van der Waals surface area (Å²) in [6.45, 7) is -0.0182. The number of benzene rings is 1. The Hall–Kier alpha value is -3.38. The van der Waals surface area contributed by atoms with Gasteiger partial charge in [-0.15, -0.1) is 0 Å². The molecule has 5 rings (SSSR count). The molecule has 0 saturated carbocycles. The Morgan fingerprint density at radius 1 is 1.17 bits per heavy atom. The molecular weight excluding hydrogens is 483 g/mol. The van der Waals surface area contributed by atoms with E-state index in [0.717, 1.165) is 6.42 Å². The molecule has 12 heteroatoms. The van der Waals surface area contributed by atoms with Crippen LogP contribution in [0, 0.1) is 17.5 Å². The minimum absolute atomic E-state index is 0.0506. The van der Waals surface area contributed by atoms with Crippen LogP contribution >= 0.6 is 0 Å². The number of aromatic hydroxyl groups is 1. The Balaban J connectivity index is 1.67. The maximum atomic E-state index is 14.1. The van der Waals surface area contributed by atoms with Gasteiger partial charge in [-0.05, 0) is 19.3 Å². The molecule has 1 fully saturated rings. The lowest BCUT2D eigenvalue weighted by Gasteiger charge is -2.44. The first kappa shape index (κ1) is 24.3. The van der Waals surface area contributed by atoms with Crippen molar-refractivity contribution in [2.75, 3.05) is 27.3 Å². The summed E-state index contributed by atoms with van der Waals surface area (Å²) in [4.78, 5) is 41.4. The lowest BCUT2D eigenvalue weighted by molar-refractivity contribution is -0.0817. The number of rotatable bonds is 5. The van der Waals surface area contributed by atoms with Crippen LogP contribution in [0.25, 0.3) is 0 Å². The monoisotopic (exact) mass is 507 g/mol. The summed E-state index contributed by atoms with van der Waals surface area (Å²) < 4.78 is 54.5. The molecule has 1 aromatic heterocycles. The van der Waals surface area contributed by atoms with E-state index >= 15 is 0 Å². The maximum Gasteiger partial charge on any atom is 0.274 e. The van der Waals surface area contributed by atoms with Crippen LogP contribution in [0.15, 0.2) is 16.9 Å². The van der Waals surface area contributed by atoms with Crippen molar-refractivity contribution in [1.29, 1.82) is 0 Å². The van der Waals surface area contributed by atoms with E-state index < -0.39 is 75.9 Å². The maximum absolute atomic E-state index is 14.1. The van der Waals surface area contributed by atoms with Gasteiger partial charge in [-0.3, -0.25) is 14.4 Å². The summed E-state index contributed by atoms with van der Waals surface area (Å²) in [5, 5.41) is 13.2. The first-order valence-electron chi connectivity index (χ1n) is 11.4. The summed E-state index contributed by atoms with van der Waals surface area (Å²) in [5.41, 5.74) is -3.33. The zero-order valence-electron chi connectivity index (χ0n) is 19.6. The highest BCUT2D eigenvalue weighted by Gasteiger charge is 2.60. The van der Waals surface area contributed by atoms with Gasteiger partial charge in [-0.25, -0.2) is 13.2 Å². The van der Waals surface area contributed by atoms with Crippen LogP contribution in [-0.2, 0) is 21.6 Å². The molecule has 1 spiro atoms. The van der Waals surface area contributed by atoms with Crippen molar-refractivity contribution in [2.24, 2.45) is 0 Å². The molecule has 2 amide bonds. The number of halogens is 3. The molecule has 192 valence electrons. The fourth-order valence-electron chi connectivity index (χ4n) is 5.92. The van der Waals surface area contributed by atoms with Crippen LogP contribution in [0.4, 0.5) is 13.2 Å². The first-order chi connectivity index (χ1) is 17.2. The molecule has 3 atom stereocenters. The molecule has 2 aromatic rings. The number of carbonyl (C=O) groups excluding carboxylic acids is 2. The number of carbonyl (C=O) groups is 2. The summed E-state index contributed by atoms with van der Waals surface area (Å²) in [6.07, 6.45) is 0.308. The van der Waals surface area contributed by atoms with Crippen LogP contribution in [0.5, 0.6) is 5.75 Å². The van der Waals surface area contributed by atoms with Gasteiger partial charge in [-0.2, -0.15) is 0 Å². The van der Waals surface area contributed by atoms with Crippen LogP contribution in [0.3, 0.4) is 0 Å². The third-order valence-corrected chi connectivity index (χ3v) is 7.42. The lowest BCUT2D eigenvalue weighted by Crippen LogP contribution is -2.57.